The van der Waals surface area contributed by atoms with E-state index in [1.165, 1.54) is 13.3 Å². The van der Waals surface area contributed by atoms with Crippen molar-refractivity contribution in [2.24, 2.45) is 0 Å². The summed E-state index contributed by atoms with van der Waals surface area (Å²) in [4.78, 5) is 20.1. The van der Waals surface area contributed by atoms with E-state index in [0.29, 0.717) is 22.8 Å². The Balaban J connectivity index is 2.16. The first-order valence-corrected chi connectivity index (χ1v) is 5.67. The van der Waals surface area contributed by atoms with Gasteiger partial charge in [-0.25, -0.2) is 4.98 Å². The molecule has 98 valence electrons. The molecular weight excluding hydrogens is 244 g/mol. The number of nitrogens with zero attached hydrogens (tertiary/aromatic N) is 2. The van der Waals surface area contributed by atoms with Gasteiger partial charge in [0, 0.05) is 19.3 Å². The first-order valence-electron chi connectivity index (χ1n) is 5.67. The second kappa shape index (κ2) is 5.81. The maximum absolute atomic E-state index is 12.1. The SMILES string of the molecule is CNc1cnccc1C(=O)Nc1ccc(OC)nc1. The fourth-order valence-corrected chi connectivity index (χ4v) is 1.57. The lowest BCUT2D eigenvalue weighted by Crippen LogP contribution is -2.14. The van der Waals surface area contributed by atoms with Crippen molar-refractivity contribution in [3.8, 4) is 5.88 Å². The molecule has 0 aliphatic carbocycles. The summed E-state index contributed by atoms with van der Waals surface area (Å²) in [6, 6.07) is 5.06. The molecule has 0 unspecified atom stereocenters. The number of rotatable bonds is 4. The van der Waals surface area contributed by atoms with Crippen LogP contribution in [0.5, 0.6) is 5.88 Å². The molecule has 6 heteroatoms. The first kappa shape index (κ1) is 12.8. The van der Waals surface area contributed by atoms with Crippen LogP contribution >= 0.6 is 0 Å². The molecule has 0 aliphatic heterocycles. The highest BCUT2D eigenvalue weighted by Crippen LogP contribution is 2.16. The lowest BCUT2D eigenvalue weighted by Gasteiger charge is -2.09. The standard InChI is InChI=1S/C13H14N4O2/c1-14-11-8-15-6-5-10(11)13(18)17-9-3-4-12(19-2)16-7-9/h3-8,14H,1-2H3,(H,17,18). The van der Waals surface area contributed by atoms with Gasteiger partial charge in [-0.15, -0.1) is 0 Å². The fraction of sp³-hybridized carbons (Fsp3) is 0.154. The number of methoxy groups -OCH3 is 1. The van der Waals surface area contributed by atoms with Crippen LogP contribution < -0.4 is 15.4 Å². The third-order valence-corrected chi connectivity index (χ3v) is 2.54. The van der Waals surface area contributed by atoms with Crippen molar-refractivity contribution < 1.29 is 9.53 Å². The molecule has 6 nitrogen and oxygen atoms in total. The highest BCUT2D eigenvalue weighted by atomic mass is 16.5. The summed E-state index contributed by atoms with van der Waals surface area (Å²) in [5, 5.41) is 5.68. The van der Waals surface area contributed by atoms with Gasteiger partial charge >= 0.3 is 0 Å². The van der Waals surface area contributed by atoms with Crippen molar-refractivity contribution in [2.45, 2.75) is 0 Å². The van der Waals surface area contributed by atoms with Crippen molar-refractivity contribution in [3.05, 3.63) is 42.4 Å². The number of nitrogens with one attached hydrogen (secondary N) is 2. The minimum atomic E-state index is -0.223. The summed E-state index contributed by atoms with van der Waals surface area (Å²) >= 11 is 0. The zero-order valence-corrected chi connectivity index (χ0v) is 10.7. The summed E-state index contributed by atoms with van der Waals surface area (Å²) in [7, 11) is 3.28. The minimum Gasteiger partial charge on any atom is -0.481 e. The second-order valence-corrected chi connectivity index (χ2v) is 3.71. The van der Waals surface area contributed by atoms with Gasteiger partial charge in [-0.05, 0) is 12.1 Å². The van der Waals surface area contributed by atoms with Crippen LogP contribution in [-0.4, -0.2) is 30.0 Å². The Morgan fingerprint density at radius 2 is 2.11 bits per heavy atom. The summed E-state index contributed by atoms with van der Waals surface area (Å²) in [5.41, 5.74) is 1.79. The van der Waals surface area contributed by atoms with Gasteiger partial charge < -0.3 is 15.4 Å². The predicted octanol–water partition coefficient (Wildman–Crippen LogP) is 1.78. The molecule has 0 atom stereocenters. The molecule has 19 heavy (non-hydrogen) atoms. The van der Waals surface area contributed by atoms with Gasteiger partial charge in [0.2, 0.25) is 5.88 Å². The Hall–Kier alpha value is -2.63. The number of carbonyl (C=O) groups is 1. The molecule has 2 rings (SSSR count). The number of anilines is 2. The summed E-state index contributed by atoms with van der Waals surface area (Å²) in [5.74, 6) is 0.275. The molecule has 1 amide bonds. The summed E-state index contributed by atoms with van der Waals surface area (Å²) in [6.45, 7) is 0. The third kappa shape index (κ3) is 2.98. The summed E-state index contributed by atoms with van der Waals surface area (Å²) in [6.07, 6.45) is 4.71. The molecule has 0 saturated heterocycles. The topological polar surface area (TPSA) is 76.1 Å². The number of ether oxygens (including phenoxy) is 1. The van der Waals surface area contributed by atoms with Crippen LogP contribution in [0.15, 0.2) is 36.8 Å². The van der Waals surface area contributed by atoms with Gasteiger partial charge in [-0.1, -0.05) is 0 Å². The second-order valence-electron chi connectivity index (χ2n) is 3.71. The molecule has 0 spiro atoms. The average molecular weight is 258 g/mol. The smallest absolute Gasteiger partial charge is 0.257 e. The van der Waals surface area contributed by atoms with Crippen molar-refractivity contribution in [2.75, 3.05) is 24.8 Å². The van der Waals surface area contributed by atoms with Crippen LogP contribution in [0.2, 0.25) is 0 Å². The van der Waals surface area contributed by atoms with Crippen molar-refractivity contribution in [1.82, 2.24) is 9.97 Å². The average Bonchev–Trinajstić information content (AvgIpc) is 2.48. The Morgan fingerprint density at radius 3 is 2.74 bits per heavy atom. The molecule has 2 heterocycles. The van der Waals surface area contributed by atoms with Gasteiger partial charge in [0.15, 0.2) is 0 Å². The minimum absolute atomic E-state index is 0.223. The van der Waals surface area contributed by atoms with Gasteiger partial charge in [0.05, 0.1) is 36.4 Å². The zero-order valence-electron chi connectivity index (χ0n) is 10.7. The maximum Gasteiger partial charge on any atom is 0.257 e. The van der Waals surface area contributed by atoms with Crippen LogP contribution in [0, 0.1) is 0 Å². The molecule has 2 aromatic heterocycles. The largest absolute Gasteiger partial charge is 0.481 e. The molecule has 0 aromatic carbocycles. The first-order chi connectivity index (χ1) is 9.24. The number of carbonyl (C=O) groups excluding carboxylic acids is 1. The van der Waals surface area contributed by atoms with E-state index in [9.17, 15) is 4.79 Å². The highest BCUT2D eigenvalue weighted by molar-refractivity contribution is 6.07. The van der Waals surface area contributed by atoms with Crippen LogP contribution in [0.3, 0.4) is 0 Å². The lowest BCUT2D eigenvalue weighted by molar-refractivity contribution is 0.102. The predicted molar refractivity (Wildman–Crippen MR) is 72.5 cm³/mol. The van der Waals surface area contributed by atoms with Crippen molar-refractivity contribution >= 4 is 17.3 Å². The normalized spacial score (nSPS) is 9.79. The van der Waals surface area contributed by atoms with E-state index in [4.69, 9.17) is 4.74 Å². The number of amides is 1. The monoisotopic (exact) mass is 258 g/mol. The Labute approximate surface area is 110 Å². The van der Waals surface area contributed by atoms with E-state index < -0.39 is 0 Å². The Kier molecular flexibility index (Phi) is 3.92. The third-order valence-electron chi connectivity index (χ3n) is 2.54. The lowest BCUT2D eigenvalue weighted by atomic mass is 10.2. The number of hydrogen-bond donors (Lipinski definition) is 2. The molecular formula is C13H14N4O2. The van der Waals surface area contributed by atoms with Crippen molar-refractivity contribution in [1.29, 1.82) is 0 Å². The maximum atomic E-state index is 12.1. The van der Waals surface area contributed by atoms with E-state index in [-0.39, 0.29) is 5.91 Å². The van der Waals surface area contributed by atoms with Crippen LogP contribution in [0.25, 0.3) is 0 Å². The van der Waals surface area contributed by atoms with E-state index in [1.54, 1.807) is 37.6 Å². The van der Waals surface area contributed by atoms with Crippen LogP contribution in [0.4, 0.5) is 11.4 Å². The van der Waals surface area contributed by atoms with E-state index >= 15 is 0 Å². The van der Waals surface area contributed by atoms with Crippen LogP contribution in [0.1, 0.15) is 10.4 Å². The summed E-state index contributed by atoms with van der Waals surface area (Å²) < 4.78 is 4.95. The highest BCUT2D eigenvalue weighted by Gasteiger charge is 2.10. The van der Waals surface area contributed by atoms with Gasteiger partial charge in [-0.2, -0.15) is 0 Å². The molecule has 2 aromatic rings. The Morgan fingerprint density at radius 1 is 1.26 bits per heavy atom. The Bertz CT molecular complexity index is 569. The quantitative estimate of drug-likeness (QED) is 0.874. The molecule has 0 saturated carbocycles. The number of hydrogen-bond acceptors (Lipinski definition) is 5. The van der Waals surface area contributed by atoms with E-state index in [0.717, 1.165) is 0 Å². The van der Waals surface area contributed by atoms with Gasteiger partial charge in [0.25, 0.3) is 5.91 Å². The number of aromatic nitrogens is 2. The number of pyridine rings is 2. The van der Waals surface area contributed by atoms with E-state index in [2.05, 4.69) is 20.6 Å². The molecule has 0 radical (unpaired) electrons. The molecule has 0 bridgehead atoms. The van der Waals surface area contributed by atoms with Gasteiger partial charge in [0.1, 0.15) is 0 Å². The van der Waals surface area contributed by atoms with E-state index in [1.807, 2.05) is 0 Å². The van der Waals surface area contributed by atoms with Crippen LogP contribution in [-0.2, 0) is 0 Å². The van der Waals surface area contributed by atoms with Crippen molar-refractivity contribution in [3.63, 3.8) is 0 Å². The van der Waals surface area contributed by atoms with Gasteiger partial charge in [-0.3, -0.25) is 9.78 Å². The molecule has 0 aliphatic rings. The molecule has 2 N–H and O–H groups in total. The fourth-order valence-electron chi connectivity index (χ4n) is 1.57. The molecule has 0 fully saturated rings. The zero-order chi connectivity index (χ0) is 13.7.